The van der Waals surface area contributed by atoms with Crippen LogP contribution in [0.15, 0.2) is 52.2 Å². The lowest BCUT2D eigenvalue weighted by Crippen LogP contribution is -2.40. The second-order valence-corrected chi connectivity index (χ2v) is 9.03. The molecule has 2 N–H and O–H groups in total. The van der Waals surface area contributed by atoms with Crippen molar-refractivity contribution in [3.63, 3.8) is 0 Å². The molecule has 2 heterocycles. The SMILES string of the molecule is CC1(C)CNc2cc(-n3cc(OC(=O)O)c(=O)n(Cc4cccc(C(F)(F)F)c4Cl)c3=O)ccc21. The van der Waals surface area contributed by atoms with Crippen molar-refractivity contribution in [2.45, 2.75) is 32.0 Å². The third-order valence-electron chi connectivity index (χ3n) is 5.78. The highest BCUT2D eigenvalue weighted by Crippen LogP contribution is 2.38. The summed E-state index contributed by atoms with van der Waals surface area (Å²) >= 11 is 5.94. The van der Waals surface area contributed by atoms with Crippen LogP contribution in [0.25, 0.3) is 5.69 Å². The zero-order valence-corrected chi connectivity index (χ0v) is 19.2. The van der Waals surface area contributed by atoms with E-state index in [4.69, 9.17) is 16.7 Å². The van der Waals surface area contributed by atoms with Gasteiger partial charge in [-0.2, -0.15) is 13.2 Å². The summed E-state index contributed by atoms with van der Waals surface area (Å²) in [5.74, 6) is -0.700. The Hall–Kier alpha value is -3.73. The molecule has 0 bridgehead atoms. The average Bonchev–Trinajstić information content (AvgIpc) is 3.07. The molecule has 0 atom stereocenters. The van der Waals surface area contributed by atoms with E-state index in [2.05, 4.69) is 10.1 Å². The van der Waals surface area contributed by atoms with E-state index < -0.39 is 46.5 Å². The van der Waals surface area contributed by atoms with E-state index in [1.54, 1.807) is 18.2 Å². The van der Waals surface area contributed by atoms with E-state index in [1.165, 1.54) is 6.07 Å². The highest BCUT2D eigenvalue weighted by Gasteiger charge is 2.34. The number of ether oxygens (including phenoxy) is 1. The third kappa shape index (κ3) is 4.51. The maximum atomic E-state index is 13.3. The maximum Gasteiger partial charge on any atom is 0.511 e. The minimum atomic E-state index is -4.75. The summed E-state index contributed by atoms with van der Waals surface area (Å²) in [6, 6.07) is 8.18. The molecule has 12 heteroatoms. The Morgan fingerprint density at radius 2 is 1.94 bits per heavy atom. The van der Waals surface area contributed by atoms with Crippen LogP contribution in [-0.4, -0.2) is 26.9 Å². The topological polar surface area (TPSA) is 103 Å². The summed E-state index contributed by atoms with van der Waals surface area (Å²) in [5.41, 5.74) is -1.46. The van der Waals surface area contributed by atoms with E-state index in [9.17, 15) is 27.6 Å². The molecular weight excluding hydrogens is 491 g/mol. The molecule has 1 aromatic heterocycles. The van der Waals surface area contributed by atoms with Gasteiger partial charge in [0, 0.05) is 17.6 Å². The monoisotopic (exact) mass is 509 g/mol. The molecule has 0 spiro atoms. The van der Waals surface area contributed by atoms with Crippen molar-refractivity contribution in [1.29, 1.82) is 0 Å². The fourth-order valence-corrected chi connectivity index (χ4v) is 4.28. The Morgan fingerprint density at radius 3 is 2.60 bits per heavy atom. The second-order valence-electron chi connectivity index (χ2n) is 8.65. The molecule has 0 fully saturated rings. The summed E-state index contributed by atoms with van der Waals surface area (Å²) in [7, 11) is 0. The van der Waals surface area contributed by atoms with Gasteiger partial charge in [-0.25, -0.2) is 9.59 Å². The van der Waals surface area contributed by atoms with Crippen LogP contribution >= 0.6 is 11.6 Å². The van der Waals surface area contributed by atoms with Gasteiger partial charge in [0.15, 0.2) is 0 Å². The van der Waals surface area contributed by atoms with Crippen LogP contribution in [0.2, 0.25) is 5.02 Å². The summed E-state index contributed by atoms with van der Waals surface area (Å²) in [4.78, 5) is 37.3. The molecule has 184 valence electrons. The number of rotatable bonds is 4. The summed E-state index contributed by atoms with van der Waals surface area (Å²) in [5, 5.41) is 11.6. The van der Waals surface area contributed by atoms with Gasteiger partial charge in [-0.3, -0.25) is 13.9 Å². The molecule has 0 unspecified atom stereocenters. The molecule has 0 radical (unpaired) electrons. The highest BCUT2D eigenvalue weighted by molar-refractivity contribution is 6.32. The fraction of sp³-hybridized carbons (Fsp3) is 0.261. The zero-order chi connectivity index (χ0) is 25.7. The summed E-state index contributed by atoms with van der Waals surface area (Å²) in [6.45, 7) is 4.08. The van der Waals surface area contributed by atoms with Gasteiger partial charge in [0.2, 0.25) is 5.75 Å². The predicted molar refractivity (Wildman–Crippen MR) is 122 cm³/mol. The normalized spacial score (nSPS) is 14.3. The van der Waals surface area contributed by atoms with Gasteiger partial charge in [0.05, 0.1) is 29.0 Å². The minimum absolute atomic E-state index is 0.155. The van der Waals surface area contributed by atoms with Crippen LogP contribution in [0.4, 0.5) is 23.7 Å². The van der Waals surface area contributed by atoms with E-state index in [-0.39, 0.29) is 16.7 Å². The largest absolute Gasteiger partial charge is 0.511 e. The van der Waals surface area contributed by atoms with Crippen LogP contribution < -0.4 is 21.3 Å². The number of fused-ring (bicyclic) bond motifs is 1. The van der Waals surface area contributed by atoms with Crippen molar-refractivity contribution in [2.75, 3.05) is 11.9 Å². The van der Waals surface area contributed by atoms with Crippen LogP contribution in [0.3, 0.4) is 0 Å². The van der Waals surface area contributed by atoms with Crippen LogP contribution in [0.1, 0.15) is 30.5 Å². The lowest BCUT2D eigenvalue weighted by molar-refractivity contribution is -0.137. The molecule has 0 saturated carbocycles. The predicted octanol–water partition coefficient (Wildman–Crippen LogP) is 4.48. The first kappa shape index (κ1) is 24.4. The smallest absolute Gasteiger partial charge is 0.449 e. The van der Waals surface area contributed by atoms with Crippen molar-refractivity contribution in [3.05, 3.63) is 85.1 Å². The minimum Gasteiger partial charge on any atom is -0.449 e. The van der Waals surface area contributed by atoms with Crippen molar-refractivity contribution in [2.24, 2.45) is 0 Å². The highest BCUT2D eigenvalue weighted by atomic mass is 35.5. The van der Waals surface area contributed by atoms with Gasteiger partial charge < -0.3 is 15.2 Å². The number of nitrogens with one attached hydrogen (secondary N) is 1. The lowest BCUT2D eigenvalue weighted by Gasteiger charge is -2.18. The van der Waals surface area contributed by atoms with E-state index in [0.29, 0.717) is 11.1 Å². The lowest BCUT2D eigenvalue weighted by atomic mass is 9.87. The number of alkyl halides is 3. The number of anilines is 1. The van der Waals surface area contributed by atoms with Crippen LogP contribution in [-0.2, 0) is 18.1 Å². The molecule has 0 aliphatic carbocycles. The fourth-order valence-electron chi connectivity index (χ4n) is 3.99. The first-order chi connectivity index (χ1) is 16.3. The Kier molecular flexibility index (Phi) is 5.92. The molecule has 35 heavy (non-hydrogen) atoms. The number of hydrogen-bond donors (Lipinski definition) is 2. The molecule has 4 rings (SSSR count). The van der Waals surface area contributed by atoms with Gasteiger partial charge in [-0.15, -0.1) is 0 Å². The number of aromatic nitrogens is 2. The van der Waals surface area contributed by atoms with E-state index in [1.807, 2.05) is 13.8 Å². The van der Waals surface area contributed by atoms with Crippen molar-refractivity contribution >= 4 is 23.4 Å². The first-order valence-corrected chi connectivity index (χ1v) is 10.7. The first-order valence-electron chi connectivity index (χ1n) is 10.3. The Morgan fingerprint density at radius 1 is 1.23 bits per heavy atom. The molecule has 1 aliphatic heterocycles. The Balaban J connectivity index is 1.89. The number of carbonyl (C=O) groups is 1. The van der Waals surface area contributed by atoms with Gasteiger partial charge in [0.1, 0.15) is 0 Å². The number of nitrogens with zero attached hydrogens (tertiary/aromatic N) is 2. The van der Waals surface area contributed by atoms with Crippen molar-refractivity contribution < 1.29 is 27.8 Å². The summed E-state index contributed by atoms with van der Waals surface area (Å²) in [6.07, 6.45) is -5.61. The molecule has 2 aromatic carbocycles. The van der Waals surface area contributed by atoms with Crippen molar-refractivity contribution in [1.82, 2.24) is 9.13 Å². The average molecular weight is 510 g/mol. The maximum absolute atomic E-state index is 13.3. The molecule has 1 aliphatic rings. The number of halogens is 4. The zero-order valence-electron chi connectivity index (χ0n) is 18.4. The van der Waals surface area contributed by atoms with E-state index >= 15 is 0 Å². The molecule has 0 amide bonds. The molecule has 3 aromatic rings. The molecular formula is C23H19ClF3N3O5. The number of carboxylic acid groups (broad SMARTS) is 1. The van der Waals surface area contributed by atoms with Gasteiger partial charge in [0.25, 0.3) is 5.56 Å². The Bertz CT molecular complexity index is 1460. The molecule has 0 saturated heterocycles. The van der Waals surface area contributed by atoms with Gasteiger partial charge in [-0.05, 0) is 29.3 Å². The summed E-state index contributed by atoms with van der Waals surface area (Å²) < 4.78 is 46.0. The standard InChI is InChI=1S/C23H19ClF3N3O5/c1-22(2)11-28-16-8-13(6-7-14(16)22)29-10-17(35-21(33)34)19(31)30(20(29)32)9-12-4-3-5-15(18(12)24)23(25,26)27/h3-8,10,28H,9,11H2,1-2H3,(H,33,34). The quantitative estimate of drug-likeness (QED) is 0.503. The number of benzene rings is 2. The third-order valence-corrected chi connectivity index (χ3v) is 6.23. The van der Waals surface area contributed by atoms with Gasteiger partial charge >= 0.3 is 18.0 Å². The number of hydrogen-bond acceptors (Lipinski definition) is 5. The van der Waals surface area contributed by atoms with Crippen LogP contribution in [0.5, 0.6) is 5.75 Å². The molecule has 8 nitrogen and oxygen atoms in total. The van der Waals surface area contributed by atoms with Crippen molar-refractivity contribution in [3.8, 4) is 11.4 Å². The Labute approximate surface area is 201 Å². The van der Waals surface area contributed by atoms with E-state index in [0.717, 1.165) is 34.1 Å². The van der Waals surface area contributed by atoms with Gasteiger partial charge in [-0.1, -0.05) is 43.6 Å². The second kappa shape index (κ2) is 8.49. The van der Waals surface area contributed by atoms with Crippen LogP contribution in [0, 0.1) is 0 Å².